The molecule has 1 unspecified atom stereocenters. The number of para-hydroxylation sites is 1. The zero-order valence-corrected chi connectivity index (χ0v) is 10.2. The largest absolute Gasteiger partial charge is 0.496 e. The summed E-state index contributed by atoms with van der Waals surface area (Å²) >= 11 is 0. The average molecular weight is 227 g/mol. The van der Waals surface area contributed by atoms with Crippen molar-refractivity contribution in [2.45, 2.75) is 13.0 Å². The van der Waals surface area contributed by atoms with Crippen molar-refractivity contribution in [3.63, 3.8) is 0 Å². The maximum atomic E-state index is 5.83. The minimum absolute atomic E-state index is 0.0710. The van der Waals surface area contributed by atoms with E-state index >= 15 is 0 Å². The molecule has 0 aliphatic carbocycles. The van der Waals surface area contributed by atoms with Crippen LogP contribution in [-0.2, 0) is 0 Å². The third-order valence-corrected chi connectivity index (χ3v) is 2.85. The molecule has 2 nitrogen and oxygen atoms in total. The number of ether oxygens (including phenoxy) is 1. The van der Waals surface area contributed by atoms with E-state index in [1.54, 1.807) is 7.11 Å². The summed E-state index contributed by atoms with van der Waals surface area (Å²) in [7, 11) is 1.69. The van der Waals surface area contributed by atoms with Gasteiger partial charge in [0.05, 0.1) is 7.11 Å². The van der Waals surface area contributed by atoms with E-state index in [4.69, 9.17) is 10.5 Å². The van der Waals surface area contributed by atoms with Crippen LogP contribution in [0.25, 0.3) is 11.1 Å². The van der Waals surface area contributed by atoms with Gasteiger partial charge in [0.15, 0.2) is 0 Å². The van der Waals surface area contributed by atoms with Crippen LogP contribution in [-0.4, -0.2) is 7.11 Å². The first kappa shape index (κ1) is 11.7. The van der Waals surface area contributed by atoms with Crippen molar-refractivity contribution < 1.29 is 4.74 Å². The Bertz CT molecular complexity index is 489. The number of nitrogens with two attached hydrogens (primary N) is 1. The highest BCUT2D eigenvalue weighted by Crippen LogP contribution is 2.29. The van der Waals surface area contributed by atoms with Crippen LogP contribution in [0.5, 0.6) is 5.75 Å². The lowest BCUT2D eigenvalue weighted by Crippen LogP contribution is -2.04. The molecule has 0 spiro atoms. The SMILES string of the molecule is COc1ccccc1-c1ccc(C(C)N)cc1. The predicted molar refractivity (Wildman–Crippen MR) is 71.0 cm³/mol. The van der Waals surface area contributed by atoms with Crippen molar-refractivity contribution in [3.05, 3.63) is 54.1 Å². The van der Waals surface area contributed by atoms with E-state index in [1.807, 2.05) is 25.1 Å². The summed E-state index contributed by atoms with van der Waals surface area (Å²) in [5.74, 6) is 0.890. The Hall–Kier alpha value is -1.80. The number of hydrogen-bond acceptors (Lipinski definition) is 2. The first-order valence-electron chi connectivity index (χ1n) is 5.71. The number of hydrogen-bond donors (Lipinski definition) is 1. The topological polar surface area (TPSA) is 35.2 Å². The fourth-order valence-electron chi connectivity index (χ4n) is 1.85. The van der Waals surface area contributed by atoms with Gasteiger partial charge in [-0.3, -0.25) is 0 Å². The van der Waals surface area contributed by atoms with Crippen molar-refractivity contribution >= 4 is 0 Å². The molecule has 2 N–H and O–H groups in total. The molecule has 0 radical (unpaired) electrons. The Morgan fingerprint density at radius 3 is 2.24 bits per heavy atom. The number of methoxy groups -OCH3 is 1. The van der Waals surface area contributed by atoms with Gasteiger partial charge in [0.25, 0.3) is 0 Å². The second-order valence-electron chi connectivity index (χ2n) is 4.11. The first-order chi connectivity index (χ1) is 8.22. The van der Waals surface area contributed by atoms with E-state index in [-0.39, 0.29) is 6.04 Å². The smallest absolute Gasteiger partial charge is 0.126 e. The molecule has 0 aliphatic heterocycles. The van der Waals surface area contributed by atoms with Crippen LogP contribution in [0.1, 0.15) is 18.5 Å². The molecule has 2 heteroatoms. The second-order valence-corrected chi connectivity index (χ2v) is 4.11. The molecule has 17 heavy (non-hydrogen) atoms. The number of rotatable bonds is 3. The molecule has 1 atom stereocenters. The lowest BCUT2D eigenvalue weighted by molar-refractivity contribution is 0.416. The molecular weight excluding hydrogens is 210 g/mol. The molecule has 0 aliphatic rings. The molecule has 0 amide bonds. The molecule has 2 aromatic carbocycles. The fourth-order valence-corrected chi connectivity index (χ4v) is 1.85. The molecule has 0 saturated heterocycles. The molecule has 2 aromatic rings. The van der Waals surface area contributed by atoms with E-state index in [9.17, 15) is 0 Å². The maximum absolute atomic E-state index is 5.83. The molecule has 2 rings (SSSR count). The van der Waals surface area contributed by atoms with E-state index in [2.05, 4.69) is 30.3 Å². The lowest BCUT2D eigenvalue weighted by atomic mass is 10.0. The summed E-state index contributed by atoms with van der Waals surface area (Å²) in [5.41, 5.74) is 9.22. The monoisotopic (exact) mass is 227 g/mol. The molecule has 0 saturated carbocycles. The van der Waals surface area contributed by atoms with Crippen LogP contribution in [0.3, 0.4) is 0 Å². The quantitative estimate of drug-likeness (QED) is 0.872. The van der Waals surface area contributed by atoms with E-state index in [0.717, 1.165) is 22.4 Å². The van der Waals surface area contributed by atoms with Crippen LogP contribution >= 0.6 is 0 Å². The Balaban J connectivity index is 2.40. The van der Waals surface area contributed by atoms with Crippen molar-refractivity contribution in [2.75, 3.05) is 7.11 Å². The van der Waals surface area contributed by atoms with Gasteiger partial charge >= 0.3 is 0 Å². The molecule has 0 bridgehead atoms. The zero-order valence-electron chi connectivity index (χ0n) is 10.2. The van der Waals surface area contributed by atoms with Crippen molar-refractivity contribution in [1.29, 1.82) is 0 Å². The first-order valence-corrected chi connectivity index (χ1v) is 5.71. The van der Waals surface area contributed by atoms with Gasteiger partial charge in [0, 0.05) is 11.6 Å². The highest BCUT2D eigenvalue weighted by atomic mass is 16.5. The van der Waals surface area contributed by atoms with E-state index in [0.29, 0.717) is 0 Å². The highest BCUT2D eigenvalue weighted by molar-refractivity contribution is 5.70. The Morgan fingerprint density at radius 1 is 1.00 bits per heavy atom. The minimum Gasteiger partial charge on any atom is -0.496 e. The number of benzene rings is 2. The third kappa shape index (κ3) is 2.48. The molecule has 0 aromatic heterocycles. The van der Waals surface area contributed by atoms with Gasteiger partial charge in [-0.15, -0.1) is 0 Å². The van der Waals surface area contributed by atoms with Crippen LogP contribution in [0.15, 0.2) is 48.5 Å². The van der Waals surface area contributed by atoms with E-state index < -0.39 is 0 Å². The highest BCUT2D eigenvalue weighted by Gasteiger charge is 2.05. The standard InChI is InChI=1S/C15H17NO/c1-11(16)12-7-9-13(10-8-12)14-5-3-4-6-15(14)17-2/h3-11H,16H2,1-2H3. The zero-order chi connectivity index (χ0) is 12.3. The van der Waals surface area contributed by atoms with Gasteiger partial charge in [-0.2, -0.15) is 0 Å². The van der Waals surface area contributed by atoms with Gasteiger partial charge in [0.1, 0.15) is 5.75 Å². The van der Waals surface area contributed by atoms with Crippen LogP contribution in [0, 0.1) is 0 Å². The maximum Gasteiger partial charge on any atom is 0.126 e. The summed E-state index contributed by atoms with van der Waals surface area (Å²) in [4.78, 5) is 0. The average Bonchev–Trinajstić information content (AvgIpc) is 2.39. The van der Waals surface area contributed by atoms with Crippen LogP contribution in [0.2, 0.25) is 0 Å². The summed E-state index contributed by atoms with van der Waals surface area (Å²) in [6.45, 7) is 1.98. The van der Waals surface area contributed by atoms with Crippen molar-refractivity contribution in [1.82, 2.24) is 0 Å². The fraction of sp³-hybridized carbons (Fsp3) is 0.200. The second kappa shape index (κ2) is 5.02. The minimum atomic E-state index is 0.0710. The van der Waals surface area contributed by atoms with Gasteiger partial charge in [0.2, 0.25) is 0 Å². The lowest BCUT2D eigenvalue weighted by Gasteiger charge is -2.10. The molecular formula is C15H17NO. The molecule has 88 valence electrons. The predicted octanol–water partition coefficient (Wildman–Crippen LogP) is 3.38. The molecule has 0 fully saturated rings. The third-order valence-electron chi connectivity index (χ3n) is 2.85. The summed E-state index contributed by atoms with van der Waals surface area (Å²) < 4.78 is 5.35. The van der Waals surface area contributed by atoms with Gasteiger partial charge in [-0.1, -0.05) is 42.5 Å². The van der Waals surface area contributed by atoms with E-state index in [1.165, 1.54) is 0 Å². The van der Waals surface area contributed by atoms with Gasteiger partial charge in [-0.05, 0) is 24.1 Å². The molecule has 0 heterocycles. The van der Waals surface area contributed by atoms with Crippen LogP contribution in [0.4, 0.5) is 0 Å². The van der Waals surface area contributed by atoms with Crippen molar-refractivity contribution in [2.24, 2.45) is 5.73 Å². The summed E-state index contributed by atoms with van der Waals surface area (Å²) in [5, 5.41) is 0. The Morgan fingerprint density at radius 2 is 1.65 bits per heavy atom. The van der Waals surface area contributed by atoms with Gasteiger partial charge < -0.3 is 10.5 Å². The van der Waals surface area contributed by atoms with Crippen LogP contribution < -0.4 is 10.5 Å². The normalized spacial score (nSPS) is 12.2. The Kier molecular flexibility index (Phi) is 3.45. The summed E-state index contributed by atoms with van der Waals surface area (Å²) in [6, 6.07) is 16.4. The van der Waals surface area contributed by atoms with Gasteiger partial charge in [-0.25, -0.2) is 0 Å². The Labute approximate surface area is 102 Å². The van der Waals surface area contributed by atoms with Crippen molar-refractivity contribution in [3.8, 4) is 16.9 Å². The summed E-state index contributed by atoms with van der Waals surface area (Å²) in [6.07, 6.45) is 0.